The molecule has 0 saturated carbocycles. The van der Waals surface area contributed by atoms with Gasteiger partial charge < -0.3 is 15.7 Å². The Morgan fingerprint density at radius 2 is 2.10 bits per heavy atom. The van der Waals surface area contributed by atoms with Crippen LogP contribution in [0.25, 0.3) is 0 Å². The van der Waals surface area contributed by atoms with Crippen molar-refractivity contribution in [3.63, 3.8) is 0 Å². The predicted molar refractivity (Wildman–Crippen MR) is 71.8 cm³/mol. The van der Waals surface area contributed by atoms with Gasteiger partial charge in [-0.25, -0.2) is 9.18 Å². The van der Waals surface area contributed by atoms with Crippen LogP contribution in [0.4, 0.5) is 15.8 Å². The molecule has 0 atom stereocenters. The molecule has 0 heterocycles. The number of benzene rings is 1. The Bertz CT molecular complexity index is 576. The third kappa shape index (κ3) is 4.41. The van der Waals surface area contributed by atoms with Gasteiger partial charge in [0.05, 0.1) is 11.5 Å². The van der Waals surface area contributed by atoms with Crippen LogP contribution in [0.3, 0.4) is 0 Å². The number of hydrogen-bond acceptors (Lipinski definition) is 5. The normalized spacial score (nSPS) is 10.0. The van der Waals surface area contributed by atoms with Crippen LogP contribution in [-0.4, -0.2) is 35.0 Å². The van der Waals surface area contributed by atoms with Gasteiger partial charge in [0, 0.05) is 18.7 Å². The van der Waals surface area contributed by atoms with Crippen LogP contribution < -0.4 is 10.6 Å². The second-order valence-corrected chi connectivity index (χ2v) is 4.11. The van der Waals surface area contributed by atoms with E-state index in [1.165, 1.54) is 0 Å². The molecule has 0 aromatic heterocycles. The summed E-state index contributed by atoms with van der Waals surface area (Å²) in [5.74, 6) is -3.14. The van der Waals surface area contributed by atoms with Crippen LogP contribution in [0, 0.1) is 15.9 Å². The lowest BCUT2D eigenvalue weighted by Gasteiger charge is -2.09. The molecule has 0 aliphatic heterocycles. The molecule has 1 amide bonds. The average Bonchev–Trinajstić information content (AvgIpc) is 2.41. The maximum atomic E-state index is 13.5. The van der Waals surface area contributed by atoms with Crippen molar-refractivity contribution in [3.8, 4) is 0 Å². The van der Waals surface area contributed by atoms with Crippen molar-refractivity contribution in [2.45, 2.75) is 13.3 Å². The fourth-order valence-corrected chi connectivity index (χ4v) is 1.52. The highest BCUT2D eigenvalue weighted by Crippen LogP contribution is 2.27. The molecule has 3 N–H and O–H groups in total. The molecule has 0 fully saturated rings. The fourth-order valence-electron chi connectivity index (χ4n) is 1.52. The van der Waals surface area contributed by atoms with Gasteiger partial charge in [-0.05, 0) is 6.42 Å². The van der Waals surface area contributed by atoms with Crippen molar-refractivity contribution in [2.24, 2.45) is 0 Å². The highest BCUT2D eigenvalue weighted by molar-refractivity contribution is 5.90. The van der Waals surface area contributed by atoms with E-state index in [4.69, 9.17) is 5.11 Å². The molecule has 21 heavy (non-hydrogen) atoms. The van der Waals surface area contributed by atoms with E-state index in [0.717, 1.165) is 6.42 Å². The number of carbonyl (C=O) groups is 2. The Hall–Kier alpha value is -2.71. The summed E-state index contributed by atoms with van der Waals surface area (Å²) in [6, 6.07) is 1.30. The van der Waals surface area contributed by atoms with Crippen LogP contribution in [0.2, 0.25) is 0 Å². The average molecular weight is 299 g/mol. The van der Waals surface area contributed by atoms with Crippen molar-refractivity contribution in [3.05, 3.63) is 33.6 Å². The summed E-state index contributed by atoms with van der Waals surface area (Å²) in [7, 11) is 0. The lowest BCUT2D eigenvalue weighted by Crippen LogP contribution is -2.30. The lowest BCUT2D eigenvalue weighted by atomic mass is 10.1. The zero-order valence-corrected chi connectivity index (χ0v) is 11.2. The van der Waals surface area contributed by atoms with E-state index in [9.17, 15) is 24.1 Å². The summed E-state index contributed by atoms with van der Waals surface area (Å²) in [5, 5.41) is 24.6. The summed E-state index contributed by atoms with van der Waals surface area (Å²) >= 11 is 0. The molecule has 0 aliphatic rings. The van der Waals surface area contributed by atoms with Gasteiger partial charge in [0.25, 0.3) is 5.69 Å². The molecule has 114 valence electrons. The van der Waals surface area contributed by atoms with Gasteiger partial charge in [0.2, 0.25) is 5.91 Å². The maximum absolute atomic E-state index is 13.5. The number of carboxylic acid groups (broad SMARTS) is 1. The van der Waals surface area contributed by atoms with E-state index in [0.29, 0.717) is 18.7 Å². The van der Waals surface area contributed by atoms with Crippen LogP contribution >= 0.6 is 0 Å². The van der Waals surface area contributed by atoms with E-state index in [2.05, 4.69) is 10.6 Å². The SMILES string of the molecule is CCCNC(=O)CNc1cc(F)c(C(=O)O)cc1[N+](=O)[O-]. The number of aromatic carboxylic acids is 1. The quantitative estimate of drug-likeness (QED) is 0.516. The maximum Gasteiger partial charge on any atom is 0.338 e. The molecule has 0 spiro atoms. The van der Waals surface area contributed by atoms with Gasteiger partial charge in [-0.1, -0.05) is 6.92 Å². The number of halogens is 1. The van der Waals surface area contributed by atoms with E-state index < -0.39 is 33.9 Å². The Balaban J connectivity index is 2.96. The predicted octanol–water partition coefficient (Wildman–Crippen LogP) is 1.37. The molecule has 0 saturated heterocycles. The number of carboxylic acids is 1. The van der Waals surface area contributed by atoms with Gasteiger partial charge in [-0.3, -0.25) is 14.9 Å². The van der Waals surface area contributed by atoms with Crippen molar-refractivity contribution < 1.29 is 24.0 Å². The van der Waals surface area contributed by atoms with Crippen LogP contribution in [0.15, 0.2) is 12.1 Å². The molecule has 0 bridgehead atoms. The molecule has 0 radical (unpaired) electrons. The third-order valence-corrected chi connectivity index (χ3v) is 2.52. The zero-order chi connectivity index (χ0) is 16.0. The summed E-state index contributed by atoms with van der Waals surface area (Å²) in [4.78, 5) is 32.2. The minimum Gasteiger partial charge on any atom is -0.478 e. The molecule has 1 aromatic carbocycles. The number of nitrogens with one attached hydrogen (secondary N) is 2. The second kappa shape index (κ2) is 7.17. The highest BCUT2D eigenvalue weighted by atomic mass is 19.1. The van der Waals surface area contributed by atoms with Crippen molar-refractivity contribution >= 4 is 23.3 Å². The molecule has 0 aliphatic carbocycles. The molecule has 1 aromatic rings. The monoisotopic (exact) mass is 299 g/mol. The number of nitrogens with zero attached hydrogens (tertiary/aromatic N) is 1. The van der Waals surface area contributed by atoms with E-state index in [-0.39, 0.29) is 12.2 Å². The number of amides is 1. The Labute approximate surface area is 119 Å². The molecular weight excluding hydrogens is 285 g/mol. The number of anilines is 1. The van der Waals surface area contributed by atoms with Crippen molar-refractivity contribution in [1.29, 1.82) is 0 Å². The molecule has 0 unspecified atom stereocenters. The fraction of sp³-hybridized carbons (Fsp3) is 0.333. The van der Waals surface area contributed by atoms with Gasteiger partial charge in [-0.15, -0.1) is 0 Å². The first-order chi connectivity index (χ1) is 9.86. The number of nitro groups is 1. The van der Waals surface area contributed by atoms with Crippen LogP contribution in [0.1, 0.15) is 23.7 Å². The van der Waals surface area contributed by atoms with Gasteiger partial charge in [-0.2, -0.15) is 0 Å². The minimum atomic E-state index is -1.61. The summed E-state index contributed by atoms with van der Waals surface area (Å²) in [6.45, 7) is 2.03. The Morgan fingerprint density at radius 3 is 2.62 bits per heavy atom. The Kier molecular flexibility index (Phi) is 5.58. The first-order valence-electron chi connectivity index (χ1n) is 6.08. The summed E-state index contributed by atoms with van der Waals surface area (Å²) < 4.78 is 13.5. The largest absolute Gasteiger partial charge is 0.478 e. The first-order valence-corrected chi connectivity index (χ1v) is 6.08. The van der Waals surface area contributed by atoms with E-state index >= 15 is 0 Å². The highest BCUT2D eigenvalue weighted by Gasteiger charge is 2.22. The number of hydrogen-bond donors (Lipinski definition) is 3. The van der Waals surface area contributed by atoms with Crippen LogP contribution in [-0.2, 0) is 4.79 Å². The molecule has 9 heteroatoms. The van der Waals surface area contributed by atoms with Crippen LogP contribution in [0.5, 0.6) is 0 Å². The smallest absolute Gasteiger partial charge is 0.338 e. The van der Waals surface area contributed by atoms with Crippen molar-refractivity contribution in [2.75, 3.05) is 18.4 Å². The van der Waals surface area contributed by atoms with Gasteiger partial charge >= 0.3 is 5.97 Å². The topological polar surface area (TPSA) is 122 Å². The number of nitro benzene ring substituents is 1. The zero-order valence-electron chi connectivity index (χ0n) is 11.2. The summed E-state index contributed by atoms with van der Waals surface area (Å²) in [6.07, 6.45) is 0.730. The first kappa shape index (κ1) is 16.3. The van der Waals surface area contributed by atoms with Gasteiger partial charge in [0.15, 0.2) is 0 Å². The number of rotatable bonds is 7. The Morgan fingerprint density at radius 1 is 1.43 bits per heavy atom. The standard InChI is InChI=1S/C12H14FN3O5/c1-2-3-14-11(17)6-15-9-5-8(13)7(12(18)19)4-10(9)16(20)21/h4-5,15H,2-3,6H2,1H3,(H,14,17)(H,18,19). The molecule has 8 nitrogen and oxygen atoms in total. The lowest BCUT2D eigenvalue weighted by molar-refractivity contribution is -0.384. The summed E-state index contributed by atoms with van der Waals surface area (Å²) in [5.41, 5.74) is -1.67. The number of carbonyl (C=O) groups excluding carboxylic acids is 1. The molecular formula is C12H14FN3O5. The molecule has 1 rings (SSSR count). The van der Waals surface area contributed by atoms with Gasteiger partial charge in [0.1, 0.15) is 17.1 Å². The second-order valence-electron chi connectivity index (χ2n) is 4.11. The van der Waals surface area contributed by atoms with Crippen molar-refractivity contribution in [1.82, 2.24) is 5.32 Å². The van der Waals surface area contributed by atoms with E-state index in [1.807, 2.05) is 6.92 Å². The van der Waals surface area contributed by atoms with E-state index in [1.54, 1.807) is 0 Å². The minimum absolute atomic E-state index is 0.255. The third-order valence-electron chi connectivity index (χ3n) is 2.52.